The first-order chi connectivity index (χ1) is 13.0. The zero-order valence-electron chi connectivity index (χ0n) is 15.0. The van der Waals surface area contributed by atoms with Gasteiger partial charge in [-0.15, -0.1) is 0 Å². The van der Waals surface area contributed by atoms with Crippen LogP contribution in [0.3, 0.4) is 0 Å². The summed E-state index contributed by atoms with van der Waals surface area (Å²) in [6.45, 7) is 1.95. The molecule has 0 aliphatic rings. The van der Waals surface area contributed by atoms with Crippen molar-refractivity contribution in [1.82, 2.24) is 0 Å². The summed E-state index contributed by atoms with van der Waals surface area (Å²) in [7, 11) is 1.65. The summed E-state index contributed by atoms with van der Waals surface area (Å²) >= 11 is 11.5. The van der Waals surface area contributed by atoms with Crippen molar-refractivity contribution in [2.24, 2.45) is 0 Å². The molecule has 0 aliphatic carbocycles. The van der Waals surface area contributed by atoms with Crippen molar-refractivity contribution in [1.29, 1.82) is 0 Å². The minimum Gasteiger partial charge on any atom is -0.497 e. The molecule has 3 rings (SSSR count). The first-order valence-electron chi connectivity index (χ1n) is 8.39. The Hall–Kier alpha value is -2.76. The zero-order chi connectivity index (χ0) is 19.2. The minimum absolute atomic E-state index is 0.510. The fourth-order valence-corrected chi connectivity index (χ4v) is 2.91. The average Bonchev–Trinajstić information content (AvgIpc) is 2.67. The Morgan fingerprint density at radius 2 is 1.44 bits per heavy atom. The number of rotatable bonds is 5. The lowest BCUT2D eigenvalue weighted by atomic mass is 10.2. The normalized spacial score (nSPS) is 10.2. The van der Waals surface area contributed by atoms with Gasteiger partial charge in [-0.1, -0.05) is 17.7 Å². The molecule has 138 valence electrons. The molecule has 0 radical (unpaired) electrons. The first-order valence-corrected chi connectivity index (χ1v) is 9.18. The van der Waals surface area contributed by atoms with Crippen LogP contribution in [-0.2, 0) is 0 Å². The summed E-state index contributed by atoms with van der Waals surface area (Å²) in [5, 5.41) is 10.9. The van der Waals surface area contributed by atoms with Gasteiger partial charge in [0.05, 0.1) is 7.11 Å². The molecule has 0 bridgehead atoms. The van der Waals surface area contributed by atoms with E-state index >= 15 is 0 Å². The van der Waals surface area contributed by atoms with Crippen LogP contribution >= 0.6 is 23.8 Å². The Morgan fingerprint density at radius 1 is 0.852 bits per heavy atom. The van der Waals surface area contributed by atoms with E-state index in [1.165, 1.54) is 0 Å². The van der Waals surface area contributed by atoms with Gasteiger partial charge >= 0.3 is 0 Å². The van der Waals surface area contributed by atoms with Crippen molar-refractivity contribution in [3.05, 3.63) is 77.3 Å². The van der Waals surface area contributed by atoms with Gasteiger partial charge in [0.2, 0.25) is 0 Å². The van der Waals surface area contributed by atoms with E-state index in [1.807, 2.05) is 73.7 Å². The second-order valence-corrected chi connectivity index (χ2v) is 6.74. The van der Waals surface area contributed by atoms with Gasteiger partial charge in [-0.25, -0.2) is 0 Å². The van der Waals surface area contributed by atoms with Crippen LogP contribution in [-0.4, -0.2) is 12.2 Å². The predicted octanol–water partition coefficient (Wildman–Crippen LogP) is 6.21. The molecule has 0 saturated heterocycles. The van der Waals surface area contributed by atoms with E-state index in [9.17, 15) is 0 Å². The summed E-state index contributed by atoms with van der Waals surface area (Å²) in [4.78, 5) is 0. The zero-order valence-corrected chi connectivity index (χ0v) is 16.6. The van der Waals surface area contributed by atoms with Gasteiger partial charge in [0.15, 0.2) is 5.11 Å². The van der Waals surface area contributed by atoms with Crippen molar-refractivity contribution in [3.63, 3.8) is 0 Å². The van der Waals surface area contributed by atoms with Crippen molar-refractivity contribution in [2.75, 3.05) is 23.1 Å². The summed E-state index contributed by atoms with van der Waals surface area (Å²) < 4.78 is 5.17. The summed E-state index contributed by atoms with van der Waals surface area (Å²) in [5.74, 6) is 0.830. The van der Waals surface area contributed by atoms with Gasteiger partial charge in [0.1, 0.15) is 5.75 Å². The highest BCUT2D eigenvalue weighted by Crippen LogP contribution is 2.24. The number of ether oxygens (including phenoxy) is 1. The van der Waals surface area contributed by atoms with Crippen molar-refractivity contribution in [2.45, 2.75) is 6.92 Å². The fraction of sp³-hybridized carbons (Fsp3) is 0.0952. The monoisotopic (exact) mass is 397 g/mol. The van der Waals surface area contributed by atoms with Gasteiger partial charge in [0, 0.05) is 27.8 Å². The molecule has 0 amide bonds. The Bertz CT molecular complexity index is 927. The van der Waals surface area contributed by atoms with E-state index in [0.717, 1.165) is 34.1 Å². The summed E-state index contributed by atoms with van der Waals surface area (Å²) in [6, 6.07) is 21.4. The lowest BCUT2D eigenvalue weighted by molar-refractivity contribution is 0.415. The molecule has 0 spiro atoms. The van der Waals surface area contributed by atoms with E-state index in [-0.39, 0.29) is 0 Å². The van der Waals surface area contributed by atoms with Gasteiger partial charge in [-0.05, 0) is 85.4 Å². The van der Waals surface area contributed by atoms with Crippen molar-refractivity contribution >= 4 is 51.7 Å². The number of nitrogens with one attached hydrogen (secondary N) is 3. The molecule has 3 N–H and O–H groups in total. The SMILES string of the molecule is COc1ccc(Nc2ccc(NC(=S)Nc3cccc(Cl)c3C)cc2)cc1. The van der Waals surface area contributed by atoms with Gasteiger partial charge in [-0.3, -0.25) is 0 Å². The van der Waals surface area contributed by atoms with Crippen LogP contribution in [0.2, 0.25) is 5.02 Å². The number of hydrogen-bond acceptors (Lipinski definition) is 3. The number of benzene rings is 3. The topological polar surface area (TPSA) is 45.3 Å². The molecule has 0 heterocycles. The molecule has 3 aromatic carbocycles. The molecule has 0 aliphatic heterocycles. The number of thiocarbonyl (C=S) groups is 1. The third-order valence-corrected chi connectivity index (χ3v) is 4.65. The Balaban J connectivity index is 1.59. The van der Waals surface area contributed by atoms with Crippen LogP contribution in [0.1, 0.15) is 5.56 Å². The number of anilines is 4. The smallest absolute Gasteiger partial charge is 0.175 e. The highest BCUT2D eigenvalue weighted by molar-refractivity contribution is 7.80. The second-order valence-electron chi connectivity index (χ2n) is 5.92. The lowest BCUT2D eigenvalue weighted by Crippen LogP contribution is -2.19. The Morgan fingerprint density at radius 3 is 2.07 bits per heavy atom. The molecule has 0 unspecified atom stereocenters. The molecular weight excluding hydrogens is 378 g/mol. The van der Waals surface area contributed by atoms with E-state index in [2.05, 4.69) is 16.0 Å². The molecule has 0 atom stereocenters. The molecule has 0 fully saturated rings. The van der Waals surface area contributed by atoms with Crippen LogP contribution < -0.4 is 20.7 Å². The molecule has 27 heavy (non-hydrogen) atoms. The predicted molar refractivity (Wildman–Crippen MR) is 119 cm³/mol. The maximum Gasteiger partial charge on any atom is 0.175 e. The lowest BCUT2D eigenvalue weighted by Gasteiger charge is -2.14. The van der Waals surface area contributed by atoms with Gasteiger partial charge in [0.25, 0.3) is 0 Å². The van der Waals surface area contributed by atoms with Crippen molar-refractivity contribution < 1.29 is 4.74 Å². The second kappa shape index (κ2) is 8.75. The van der Waals surface area contributed by atoms with E-state index < -0.39 is 0 Å². The van der Waals surface area contributed by atoms with Crippen molar-refractivity contribution in [3.8, 4) is 5.75 Å². The fourth-order valence-electron chi connectivity index (χ4n) is 2.51. The highest BCUT2D eigenvalue weighted by Gasteiger charge is 2.04. The van der Waals surface area contributed by atoms with Gasteiger partial charge < -0.3 is 20.7 Å². The third kappa shape index (κ3) is 5.12. The molecule has 3 aromatic rings. The molecule has 0 saturated carbocycles. The van der Waals surface area contributed by atoms with Crippen LogP contribution in [0.15, 0.2) is 66.7 Å². The maximum atomic E-state index is 6.14. The largest absolute Gasteiger partial charge is 0.497 e. The molecule has 6 heteroatoms. The minimum atomic E-state index is 0.510. The highest BCUT2D eigenvalue weighted by atomic mass is 35.5. The van der Waals surface area contributed by atoms with E-state index in [4.69, 9.17) is 28.6 Å². The number of hydrogen-bond donors (Lipinski definition) is 3. The van der Waals surface area contributed by atoms with Crippen LogP contribution in [0.5, 0.6) is 5.75 Å². The number of methoxy groups -OCH3 is 1. The third-order valence-electron chi connectivity index (χ3n) is 4.04. The summed E-state index contributed by atoms with van der Waals surface area (Å²) in [5.41, 5.74) is 4.72. The number of halogens is 1. The van der Waals surface area contributed by atoms with Crippen LogP contribution in [0, 0.1) is 6.92 Å². The van der Waals surface area contributed by atoms with Crippen LogP contribution in [0.4, 0.5) is 22.7 Å². The first kappa shape index (κ1) is 19.0. The van der Waals surface area contributed by atoms with Gasteiger partial charge in [-0.2, -0.15) is 0 Å². The Labute approximate surface area is 169 Å². The molecule has 4 nitrogen and oxygen atoms in total. The Kier molecular flexibility index (Phi) is 6.16. The molecular formula is C21H20ClN3OS. The quantitative estimate of drug-likeness (QED) is 0.447. The average molecular weight is 398 g/mol. The van der Waals surface area contributed by atoms with Crippen LogP contribution in [0.25, 0.3) is 0 Å². The summed E-state index contributed by atoms with van der Waals surface area (Å²) in [6.07, 6.45) is 0. The molecule has 0 aromatic heterocycles. The maximum absolute atomic E-state index is 6.14. The van der Waals surface area contributed by atoms with E-state index in [0.29, 0.717) is 10.1 Å². The standard InChI is InChI=1S/C21H20ClN3OS/c1-14-19(22)4-3-5-20(14)25-21(27)24-17-8-6-15(7-9-17)23-16-10-12-18(26-2)13-11-16/h3-13,23H,1-2H3,(H2,24,25,27). The van der Waals surface area contributed by atoms with E-state index in [1.54, 1.807) is 7.11 Å².